The molecule has 1 saturated carbocycles. The molecule has 7 rings (SSSR count). The van der Waals surface area contributed by atoms with Gasteiger partial charge in [0.2, 0.25) is 0 Å². The number of aromatic amines is 2. The normalized spacial score (nSPS) is 12.9. The van der Waals surface area contributed by atoms with Crippen LogP contribution in [0.15, 0.2) is 43.4 Å². The van der Waals surface area contributed by atoms with Crippen molar-refractivity contribution in [3.8, 4) is 23.0 Å². The molecular weight excluding hydrogens is 857 g/mol. The Bertz CT molecular complexity index is 2910. The third-order valence-corrected chi connectivity index (χ3v) is 11.2. The number of unbranched alkanes of at least 4 members (excludes halogenated alkanes) is 6. The van der Waals surface area contributed by atoms with Gasteiger partial charge in [0, 0.05) is 57.4 Å². The lowest BCUT2D eigenvalue weighted by atomic mass is 10.1. The van der Waals surface area contributed by atoms with E-state index in [4.69, 9.17) is 9.47 Å². The van der Waals surface area contributed by atoms with Crippen molar-refractivity contribution in [2.75, 3.05) is 24.3 Å². The zero-order chi connectivity index (χ0) is 48.8. The van der Waals surface area contributed by atoms with Crippen LogP contribution in [-0.2, 0) is 32.2 Å². The first-order chi connectivity index (χ1) is 31.6. The second-order valence-electron chi connectivity index (χ2n) is 19.7. The van der Waals surface area contributed by atoms with Crippen LogP contribution in [0.3, 0.4) is 0 Å². The number of anilines is 2. The van der Waals surface area contributed by atoms with Crippen LogP contribution in [0.25, 0.3) is 45.1 Å². The molecule has 4 heterocycles. The summed E-state index contributed by atoms with van der Waals surface area (Å²) in [5, 5.41) is 3.55. The summed E-state index contributed by atoms with van der Waals surface area (Å²) in [6, 6.07) is 8.49. The van der Waals surface area contributed by atoms with Crippen molar-refractivity contribution in [2.24, 2.45) is 0 Å². The Morgan fingerprint density at radius 2 is 1.07 bits per heavy atom. The third-order valence-electron chi connectivity index (χ3n) is 11.2. The van der Waals surface area contributed by atoms with Crippen LogP contribution in [0.5, 0.6) is 0 Å². The maximum absolute atomic E-state index is 12.5. The largest absolute Gasteiger partial charge is 0.460 e. The van der Waals surface area contributed by atoms with Crippen LogP contribution in [0, 0.1) is 13.8 Å². The van der Waals surface area contributed by atoms with Crippen molar-refractivity contribution >= 4 is 45.4 Å². The quantitative estimate of drug-likeness (QED) is 0.0475. The van der Waals surface area contributed by atoms with Gasteiger partial charge in [0.05, 0.1) is 22.1 Å². The molecule has 0 saturated heterocycles. The highest BCUT2D eigenvalue weighted by atomic mass is 16.6. The highest BCUT2D eigenvalue weighted by Gasteiger charge is 2.25. The van der Waals surface area contributed by atoms with Crippen LogP contribution < -0.4 is 32.7 Å². The van der Waals surface area contributed by atoms with E-state index in [1.807, 2.05) is 108 Å². The number of rotatable bonds is 17. The maximum Gasteiger partial charge on any atom is 0.349 e. The van der Waals surface area contributed by atoms with Gasteiger partial charge in [0.1, 0.15) is 11.2 Å². The number of hydrogen-bond acceptors (Lipinski definition) is 14. The SMILES string of the molecule is Cc1cc2nc3c(=O)[nH]c(=O)nc-3n(CCCCCCC(=O)OC(C)(C)C)c2cc1N(C)C.Cc1cc2nc3c(=O)[nH]c(=O)nc-3n(CCCCCCC(=O)OC(C)(C)C)c2cc1NC1CC1. The number of benzene rings is 2. The summed E-state index contributed by atoms with van der Waals surface area (Å²) in [5.74, 6) is 0.237. The fourth-order valence-corrected chi connectivity index (χ4v) is 7.99. The molecule has 0 bridgehead atoms. The Kier molecular flexibility index (Phi) is 15.7. The Labute approximate surface area is 389 Å². The van der Waals surface area contributed by atoms with Gasteiger partial charge in [0.15, 0.2) is 23.0 Å². The second-order valence-corrected chi connectivity index (χ2v) is 19.7. The summed E-state index contributed by atoms with van der Waals surface area (Å²) in [5.41, 5.74) is 4.18. The number of carbonyl (C=O) groups excluding carboxylic acids is 2. The number of hydrogen-bond donors (Lipinski definition) is 3. The van der Waals surface area contributed by atoms with Gasteiger partial charge < -0.3 is 28.8 Å². The van der Waals surface area contributed by atoms with E-state index >= 15 is 0 Å². The fourth-order valence-electron chi connectivity index (χ4n) is 7.99. The number of esters is 2. The highest BCUT2D eigenvalue weighted by molar-refractivity contribution is 5.85. The molecule has 1 fully saturated rings. The lowest BCUT2D eigenvalue weighted by Crippen LogP contribution is -2.29. The standard InChI is InChI=1S/C25H33N5O4.C24H33N5O4/c1-15-13-18-19(14-17(15)26-16-10-11-16)30(22-21(27-18)23(32)29-24(33)28-22)12-8-6-5-7-9-20(31)34-25(2,3)4;1-15-13-16-18(14-17(15)28(5)6)29(21-20(25-16)22(31)27-23(32)26-21)12-10-8-7-9-11-19(30)33-24(2,3)4/h13-14,16,26H,5-12H2,1-4H3,(H,29,32,33);13-14H,7-12H2,1-6H3,(H,27,31,32). The van der Waals surface area contributed by atoms with Crippen molar-refractivity contribution in [1.82, 2.24) is 39.0 Å². The number of nitrogens with one attached hydrogen (secondary N) is 3. The molecule has 0 spiro atoms. The molecule has 0 atom stereocenters. The van der Waals surface area contributed by atoms with Crippen molar-refractivity contribution in [1.29, 1.82) is 0 Å². The Morgan fingerprint density at radius 3 is 1.51 bits per heavy atom. The highest BCUT2D eigenvalue weighted by Crippen LogP contribution is 2.32. The lowest BCUT2D eigenvalue weighted by Gasteiger charge is -2.21. The number of ether oxygens (including phenoxy) is 2. The molecule has 0 unspecified atom stereocenters. The van der Waals surface area contributed by atoms with Gasteiger partial charge in [-0.1, -0.05) is 25.7 Å². The zero-order valence-electron chi connectivity index (χ0n) is 40.7. The van der Waals surface area contributed by atoms with E-state index in [2.05, 4.69) is 35.2 Å². The van der Waals surface area contributed by atoms with E-state index in [0.29, 0.717) is 54.7 Å². The summed E-state index contributed by atoms with van der Waals surface area (Å²) < 4.78 is 14.5. The van der Waals surface area contributed by atoms with Crippen LogP contribution in [0.4, 0.5) is 11.4 Å². The monoisotopic (exact) mass is 923 g/mol. The Morgan fingerprint density at radius 1 is 0.642 bits per heavy atom. The minimum Gasteiger partial charge on any atom is -0.460 e. The number of fused-ring (bicyclic) bond motifs is 4. The number of H-pyrrole nitrogens is 2. The number of aryl methyl sites for hydroxylation is 4. The summed E-state index contributed by atoms with van der Waals surface area (Å²) in [6.45, 7) is 16.4. The van der Waals surface area contributed by atoms with E-state index < -0.39 is 33.7 Å². The third kappa shape index (κ3) is 13.6. The molecule has 3 N–H and O–H groups in total. The predicted octanol–water partition coefficient (Wildman–Crippen LogP) is 7.01. The molecular formula is C49H66N10O8. The van der Waals surface area contributed by atoms with Gasteiger partial charge in [-0.25, -0.2) is 19.6 Å². The molecule has 0 radical (unpaired) electrons. The Balaban J connectivity index is 0.000000221. The average Bonchev–Trinajstić information content (AvgIpc) is 4.03. The van der Waals surface area contributed by atoms with E-state index in [-0.39, 0.29) is 23.3 Å². The van der Waals surface area contributed by atoms with Gasteiger partial charge >= 0.3 is 23.3 Å². The molecule has 0 amide bonds. The smallest absolute Gasteiger partial charge is 0.349 e. The zero-order valence-corrected chi connectivity index (χ0v) is 40.7. The van der Waals surface area contributed by atoms with E-state index in [1.165, 1.54) is 0 Å². The minimum atomic E-state index is -0.681. The molecule has 1 aliphatic carbocycles. The van der Waals surface area contributed by atoms with Crippen LogP contribution in [0.1, 0.15) is 130 Å². The number of aromatic nitrogens is 8. The predicted molar refractivity (Wildman–Crippen MR) is 260 cm³/mol. The van der Waals surface area contributed by atoms with E-state index in [9.17, 15) is 28.8 Å². The van der Waals surface area contributed by atoms with Crippen LogP contribution >= 0.6 is 0 Å². The average molecular weight is 923 g/mol. The van der Waals surface area contributed by atoms with Gasteiger partial charge in [-0.3, -0.25) is 29.1 Å². The number of nitrogens with zero attached hydrogens (tertiary/aromatic N) is 7. The van der Waals surface area contributed by atoms with Crippen LogP contribution in [0.2, 0.25) is 0 Å². The van der Waals surface area contributed by atoms with Gasteiger partial charge in [0.25, 0.3) is 11.1 Å². The van der Waals surface area contributed by atoms with Gasteiger partial charge in [-0.15, -0.1) is 0 Å². The molecule has 18 heteroatoms. The maximum atomic E-state index is 12.5. The molecule has 67 heavy (non-hydrogen) atoms. The van der Waals surface area contributed by atoms with Crippen molar-refractivity contribution in [3.05, 3.63) is 77.1 Å². The Hall–Kier alpha value is -6.46. The van der Waals surface area contributed by atoms with Crippen molar-refractivity contribution in [2.45, 2.75) is 163 Å². The first-order valence-electron chi connectivity index (χ1n) is 23.3. The van der Waals surface area contributed by atoms with Gasteiger partial charge in [-0.2, -0.15) is 9.97 Å². The fraction of sp³-hybridized carbons (Fsp3) is 0.551. The molecule has 360 valence electrons. The van der Waals surface area contributed by atoms with E-state index in [1.54, 1.807) is 0 Å². The number of carbonyl (C=O) groups is 2. The molecule has 2 aromatic carbocycles. The first kappa shape index (κ1) is 50.0. The summed E-state index contributed by atoms with van der Waals surface area (Å²) in [7, 11) is 3.94. The second kappa shape index (κ2) is 21.0. The van der Waals surface area contributed by atoms with Crippen molar-refractivity contribution in [3.63, 3.8) is 0 Å². The molecule has 4 aliphatic heterocycles. The minimum absolute atomic E-state index is 0.157. The first-order valence-corrected chi connectivity index (χ1v) is 23.3. The molecule has 5 aliphatic rings. The molecule has 2 aromatic rings. The summed E-state index contributed by atoms with van der Waals surface area (Å²) >= 11 is 0. The van der Waals surface area contributed by atoms with Crippen molar-refractivity contribution < 1.29 is 19.1 Å². The lowest BCUT2D eigenvalue weighted by molar-refractivity contribution is -0.156. The topological polar surface area (TPSA) is 229 Å². The summed E-state index contributed by atoms with van der Waals surface area (Å²) in [6.07, 6.45) is 9.80. The van der Waals surface area contributed by atoms with E-state index in [0.717, 1.165) is 97.7 Å². The molecule has 18 nitrogen and oxygen atoms in total. The van der Waals surface area contributed by atoms with Crippen LogP contribution in [-0.4, -0.2) is 82.3 Å². The van der Waals surface area contributed by atoms with Gasteiger partial charge in [-0.05, 0) is 129 Å². The molecule has 0 aromatic heterocycles. The summed E-state index contributed by atoms with van der Waals surface area (Å²) in [4.78, 5) is 96.2.